The van der Waals surface area contributed by atoms with Crippen molar-refractivity contribution in [2.24, 2.45) is 0 Å². The molecule has 0 fully saturated rings. The summed E-state index contributed by atoms with van der Waals surface area (Å²) < 4.78 is 13.9. The zero-order chi connectivity index (χ0) is 14.5. The lowest BCUT2D eigenvalue weighted by Gasteiger charge is -2.26. The highest BCUT2D eigenvalue weighted by atomic mass is 16.6. The summed E-state index contributed by atoms with van der Waals surface area (Å²) in [6.07, 6.45) is 5.56. The van der Waals surface area contributed by atoms with Crippen LogP contribution in [-0.2, 0) is 13.1 Å². The molecule has 1 unspecified atom stereocenters. The van der Waals surface area contributed by atoms with Crippen LogP contribution in [0.15, 0.2) is 42.7 Å². The minimum Gasteiger partial charge on any atom is -0.486 e. The van der Waals surface area contributed by atoms with Crippen LogP contribution in [0.25, 0.3) is 0 Å². The van der Waals surface area contributed by atoms with Crippen LogP contribution in [-0.4, -0.2) is 23.8 Å². The number of para-hydroxylation sites is 2. The summed E-state index contributed by atoms with van der Waals surface area (Å²) in [5, 5.41) is 3.44. The Kier molecular flexibility index (Phi) is 4.46. The molecule has 4 heteroatoms. The Morgan fingerprint density at radius 2 is 2.10 bits per heavy atom. The molecule has 1 N–H and O–H groups in total. The van der Waals surface area contributed by atoms with E-state index in [1.54, 1.807) is 0 Å². The normalized spacial score (nSPS) is 16.9. The van der Waals surface area contributed by atoms with Gasteiger partial charge >= 0.3 is 0 Å². The highest BCUT2D eigenvalue weighted by Crippen LogP contribution is 2.30. The average Bonchev–Trinajstić information content (AvgIpc) is 2.95. The quantitative estimate of drug-likeness (QED) is 0.887. The van der Waals surface area contributed by atoms with Gasteiger partial charge in [-0.15, -0.1) is 0 Å². The largest absolute Gasteiger partial charge is 0.486 e. The van der Waals surface area contributed by atoms with Gasteiger partial charge in [-0.2, -0.15) is 0 Å². The van der Waals surface area contributed by atoms with Crippen molar-refractivity contribution in [3.8, 4) is 11.5 Å². The molecule has 2 aromatic rings. The maximum Gasteiger partial charge on any atom is 0.161 e. The van der Waals surface area contributed by atoms with Crippen LogP contribution in [0.3, 0.4) is 0 Å². The van der Waals surface area contributed by atoms with Gasteiger partial charge in [0, 0.05) is 32.0 Å². The monoisotopic (exact) mass is 286 g/mol. The third-order valence-corrected chi connectivity index (χ3v) is 3.56. The molecule has 1 atom stereocenters. The molecule has 3 rings (SSSR count). The van der Waals surface area contributed by atoms with Gasteiger partial charge in [-0.05, 0) is 30.2 Å². The maximum atomic E-state index is 5.92. The number of benzene rings is 1. The number of nitrogens with zero attached hydrogens (tertiary/aromatic N) is 1. The van der Waals surface area contributed by atoms with Crippen LogP contribution in [0.1, 0.15) is 18.9 Å². The summed E-state index contributed by atoms with van der Waals surface area (Å²) in [6, 6.07) is 9.98. The molecule has 0 aliphatic carbocycles. The smallest absolute Gasteiger partial charge is 0.161 e. The number of rotatable bonds is 6. The molecule has 1 aromatic carbocycles. The van der Waals surface area contributed by atoms with E-state index in [9.17, 15) is 0 Å². The first kappa shape index (κ1) is 14.0. The molecular weight excluding hydrogens is 264 g/mol. The molecule has 112 valence electrons. The molecule has 1 aliphatic rings. The van der Waals surface area contributed by atoms with Crippen molar-refractivity contribution in [2.45, 2.75) is 32.5 Å². The Labute approximate surface area is 125 Å². The molecule has 0 radical (unpaired) electrons. The minimum atomic E-state index is 0.0672. The lowest BCUT2D eigenvalue weighted by atomic mass is 10.2. The molecule has 0 saturated carbocycles. The van der Waals surface area contributed by atoms with E-state index in [1.807, 2.05) is 24.3 Å². The summed E-state index contributed by atoms with van der Waals surface area (Å²) in [4.78, 5) is 0. The fourth-order valence-electron chi connectivity index (χ4n) is 2.53. The van der Waals surface area contributed by atoms with Gasteiger partial charge < -0.3 is 19.4 Å². The van der Waals surface area contributed by atoms with Crippen molar-refractivity contribution in [1.29, 1.82) is 0 Å². The van der Waals surface area contributed by atoms with Crippen molar-refractivity contribution in [2.75, 3.05) is 13.2 Å². The molecule has 1 aromatic heterocycles. The fraction of sp³-hybridized carbons (Fsp3) is 0.412. The third-order valence-electron chi connectivity index (χ3n) is 3.56. The van der Waals surface area contributed by atoms with Gasteiger partial charge in [0.05, 0.1) is 0 Å². The Morgan fingerprint density at radius 1 is 1.24 bits per heavy atom. The van der Waals surface area contributed by atoms with E-state index in [2.05, 4.69) is 35.3 Å². The predicted octanol–water partition coefficient (Wildman–Crippen LogP) is 2.83. The van der Waals surface area contributed by atoms with Gasteiger partial charge in [-0.1, -0.05) is 19.1 Å². The maximum absolute atomic E-state index is 5.92. The fourth-order valence-corrected chi connectivity index (χ4v) is 2.53. The van der Waals surface area contributed by atoms with Crippen molar-refractivity contribution >= 4 is 0 Å². The van der Waals surface area contributed by atoms with Crippen molar-refractivity contribution in [3.05, 3.63) is 48.3 Å². The lowest BCUT2D eigenvalue weighted by Crippen LogP contribution is -2.38. The topological polar surface area (TPSA) is 35.4 Å². The average molecular weight is 286 g/mol. The second-order valence-electron chi connectivity index (χ2n) is 5.39. The molecule has 0 saturated heterocycles. The summed E-state index contributed by atoms with van der Waals surface area (Å²) in [7, 11) is 0. The summed E-state index contributed by atoms with van der Waals surface area (Å²) in [5.41, 5.74) is 1.31. The van der Waals surface area contributed by atoms with Crippen LogP contribution in [0.2, 0.25) is 0 Å². The molecule has 0 amide bonds. The number of fused-ring (bicyclic) bond motifs is 1. The van der Waals surface area contributed by atoms with E-state index in [-0.39, 0.29) is 6.10 Å². The van der Waals surface area contributed by atoms with Crippen LogP contribution < -0.4 is 14.8 Å². The lowest BCUT2D eigenvalue weighted by molar-refractivity contribution is 0.0902. The molecule has 0 spiro atoms. The van der Waals surface area contributed by atoms with Crippen molar-refractivity contribution in [3.63, 3.8) is 0 Å². The number of nitrogens with one attached hydrogen (secondary N) is 1. The standard InChI is InChI=1S/C17H22N2O2/c1-2-8-19-9-7-14(12-19)10-18-11-15-13-20-16-5-3-4-6-17(16)21-15/h3-7,9,12,15,18H,2,8,10-11,13H2,1H3. The van der Waals surface area contributed by atoms with Crippen LogP contribution >= 0.6 is 0 Å². The first-order valence-electron chi connectivity index (χ1n) is 7.59. The second-order valence-corrected chi connectivity index (χ2v) is 5.39. The number of hydrogen-bond donors (Lipinski definition) is 1. The highest BCUT2D eigenvalue weighted by molar-refractivity contribution is 5.40. The van der Waals surface area contributed by atoms with E-state index in [4.69, 9.17) is 9.47 Å². The van der Waals surface area contributed by atoms with Gasteiger partial charge in [0.15, 0.2) is 11.5 Å². The van der Waals surface area contributed by atoms with Gasteiger partial charge in [0.25, 0.3) is 0 Å². The van der Waals surface area contributed by atoms with E-state index < -0.39 is 0 Å². The number of ether oxygens (including phenoxy) is 2. The van der Waals surface area contributed by atoms with Gasteiger partial charge in [0.2, 0.25) is 0 Å². The number of aryl methyl sites for hydroxylation is 1. The van der Waals surface area contributed by atoms with E-state index >= 15 is 0 Å². The Morgan fingerprint density at radius 3 is 2.95 bits per heavy atom. The van der Waals surface area contributed by atoms with E-state index in [1.165, 1.54) is 5.56 Å². The molecular formula is C17H22N2O2. The Bertz CT molecular complexity index is 580. The SMILES string of the molecule is CCCn1ccc(CNCC2COc3ccccc3O2)c1. The highest BCUT2D eigenvalue weighted by Gasteiger charge is 2.19. The minimum absolute atomic E-state index is 0.0672. The van der Waals surface area contributed by atoms with Gasteiger partial charge in [-0.3, -0.25) is 0 Å². The van der Waals surface area contributed by atoms with Crippen LogP contribution in [0.5, 0.6) is 11.5 Å². The zero-order valence-electron chi connectivity index (χ0n) is 12.4. The van der Waals surface area contributed by atoms with Crippen LogP contribution in [0.4, 0.5) is 0 Å². The van der Waals surface area contributed by atoms with Gasteiger partial charge in [-0.25, -0.2) is 0 Å². The first-order chi connectivity index (χ1) is 10.3. The van der Waals surface area contributed by atoms with E-state index in [0.717, 1.165) is 37.6 Å². The Balaban J connectivity index is 1.46. The molecule has 21 heavy (non-hydrogen) atoms. The summed E-state index contributed by atoms with van der Waals surface area (Å²) in [6.45, 7) is 5.51. The number of hydrogen-bond acceptors (Lipinski definition) is 3. The number of aromatic nitrogens is 1. The van der Waals surface area contributed by atoms with Gasteiger partial charge in [0.1, 0.15) is 12.7 Å². The van der Waals surface area contributed by atoms with Crippen molar-refractivity contribution in [1.82, 2.24) is 9.88 Å². The second kappa shape index (κ2) is 6.68. The van der Waals surface area contributed by atoms with E-state index in [0.29, 0.717) is 6.61 Å². The van der Waals surface area contributed by atoms with Crippen molar-refractivity contribution < 1.29 is 9.47 Å². The molecule has 0 bridgehead atoms. The Hall–Kier alpha value is -1.94. The predicted molar refractivity (Wildman–Crippen MR) is 82.8 cm³/mol. The summed E-state index contributed by atoms with van der Waals surface area (Å²) in [5.74, 6) is 1.68. The summed E-state index contributed by atoms with van der Waals surface area (Å²) >= 11 is 0. The third kappa shape index (κ3) is 3.58. The molecule has 4 nitrogen and oxygen atoms in total. The first-order valence-corrected chi connectivity index (χ1v) is 7.59. The molecule has 1 aliphatic heterocycles. The zero-order valence-corrected chi connectivity index (χ0v) is 12.4. The molecule has 2 heterocycles. The van der Waals surface area contributed by atoms with Crippen LogP contribution in [0, 0.1) is 0 Å².